The van der Waals surface area contributed by atoms with Crippen molar-refractivity contribution in [2.24, 2.45) is 0 Å². The molecule has 1 aromatic carbocycles. The highest BCUT2D eigenvalue weighted by molar-refractivity contribution is 5.95. The molecule has 148 valence electrons. The summed E-state index contributed by atoms with van der Waals surface area (Å²) in [4.78, 5) is 24.6. The minimum atomic E-state index is -0.625. The van der Waals surface area contributed by atoms with E-state index in [9.17, 15) is 9.59 Å². The standard InChI is InChI=1S/C20H28N2O5/c1-6-8-14-17(19(23)25-5)18(22-20(24)21-14)13-9-10-15(27-12(3)4)16(11-13)26-7-2/h9-12,18H,6-8H2,1-5H3,(H2,21,22,24). The summed E-state index contributed by atoms with van der Waals surface area (Å²) in [5.41, 5.74) is 1.70. The Kier molecular flexibility index (Phi) is 7.10. The molecule has 1 aliphatic heterocycles. The van der Waals surface area contributed by atoms with Gasteiger partial charge in [0.15, 0.2) is 11.5 Å². The topological polar surface area (TPSA) is 85.9 Å². The molecule has 2 rings (SSSR count). The number of hydrogen-bond acceptors (Lipinski definition) is 5. The smallest absolute Gasteiger partial charge is 0.337 e. The Morgan fingerprint density at radius 2 is 1.96 bits per heavy atom. The minimum absolute atomic E-state index is 0.00433. The number of hydrogen-bond donors (Lipinski definition) is 2. The third kappa shape index (κ3) is 4.93. The second kappa shape index (κ2) is 9.30. The first-order valence-electron chi connectivity index (χ1n) is 9.23. The average molecular weight is 376 g/mol. The number of benzene rings is 1. The van der Waals surface area contributed by atoms with Crippen molar-refractivity contribution in [3.8, 4) is 11.5 Å². The van der Waals surface area contributed by atoms with Gasteiger partial charge in [-0.3, -0.25) is 0 Å². The number of methoxy groups -OCH3 is 1. The highest BCUT2D eigenvalue weighted by Gasteiger charge is 2.33. The number of carbonyl (C=O) groups excluding carboxylic acids is 2. The van der Waals surface area contributed by atoms with E-state index in [0.717, 1.165) is 12.0 Å². The maximum Gasteiger partial charge on any atom is 0.337 e. The van der Waals surface area contributed by atoms with E-state index in [0.29, 0.717) is 35.8 Å². The van der Waals surface area contributed by atoms with Crippen LogP contribution in [0.15, 0.2) is 29.5 Å². The fourth-order valence-electron chi connectivity index (χ4n) is 2.99. The molecule has 7 nitrogen and oxygen atoms in total. The Morgan fingerprint density at radius 3 is 2.56 bits per heavy atom. The first kappa shape index (κ1) is 20.6. The van der Waals surface area contributed by atoms with Crippen molar-refractivity contribution in [2.45, 2.75) is 52.7 Å². The SMILES string of the molecule is CCCC1=C(C(=O)OC)C(c2ccc(OC(C)C)c(OCC)c2)NC(=O)N1. The average Bonchev–Trinajstić information content (AvgIpc) is 2.62. The van der Waals surface area contributed by atoms with Gasteiger partial charge in [-0.2, -0.15) is 0 Å². The molecule has 7 heteroatoms. The molecule has 27 heavy (non-hydrogen) atoms. The predicted molar refractivity (Wildman–Crippen MR) is 102 cm³/mol. The molecule has 1 atom stereocenters. The van der Waals surface area contributed by atoms with E-state index in [1.165, 1.54) is 7.11 Å². The van der Waals surface area contributed by atoms with E-state index in [2.05, 4.69) is 10.6 Å². The summed E-state index contributed by atoms with van der Waals surface area (Å²) in [7, 11) is 1.33. The largest absolute Gasteiger partial charge is 0.490 e. The number of allylic oxidation sites excluding steroid dienone is 1. The number of ether oxygens (including phenoxy) is 3. The molecule has 2 N–H and O–H groups in total. The summed E-state index contributed by atoms with van der Waals surface area (Å²) in [6.45, 7) is 8.21. The summed E-state index contributed by atoms with van der Waals surface area (Å²) in [6, 6.07) is 4.44. The van der Waals surface area contributed by atoms with Crippen molar-refractivity contribution in [2.75, 3.05) is 13.7 Å². The zero-order valence-electron chi connectivity index (χ0n) is 16.5. The zero-order valence-corrected chi connectivity index (χ0v) is 16.5. The number of carbonyl (C=O) groups is 2. The van der Waals surface area contributed by atoms with Gasteiger partial charge in [0.2, 0.25) is 0 Å². The molecule has 0 fully saturated rings. The van der Waals surface area contributed by atoms with Crippen LogP contribution in [0.3, 0.4) is 0 Å². The highest BCUT2D eigenvalue weighted by atomic mass is 16.5. The van der Waals surface area contributed by atoms with Crippen molar-refractivity contribution in [1.82, 2.24) is 10.6 Å². The van der Waals surface area contributed by atoms with Crippen LogP contribution < -0.4 is 20.1 Å². The Balaban J connectivity index is 2.52. The van der Waals surface area contributed by atoms with Gasteiger partial charge in [-0.15, -0.1) is 0 Å². The maximum atomic E-state index is 12.4. The van der Waals surface area contributed by atoms with Crippen LogP contribution in [0.2, 0.25) is 0 Å². The quantitative estimate of drug-likeness (QED) is 0.679. The molecule has 2 amide bonds. The van der Waals surface area contributed by atoms with Gasteiger partial charge >= 0.3 is 12.0 Å². The third-order valence-electron chi connectivity index (χ3n) is 4.02. The van der Waals surface area contributed by atoms with E-state index in [4.69, 9.17) is 14.2 Å². The molecule has 0 spiro atoms. The Bertz CT molecular complexity index is 727. The van der Waals surface area contributed by atoms with E-state index >= 15 is 0 Å². The Labute approximate surface area is 160 Å². The van der Waals surface area contributed by atoms with E-state index in [1.807, 2.05) is 33.8 Å². The van der Waals surface area contributed by atoms with Gasteiger partial charge in [0.1, 0.15) is 0 Å². The van der Waals surface area contributed by atoms with Crippen LogP contribution in [0.25, 0.3) is 0 Å². The van der Waals surface area contributed by atoms with Crippen LogP contribution in [0.1, 0.15) is 52.1 Å². The lowest BCUT2D eigenvalue weighted by Gasteiger charge is -2.29. The van der Waals surface area contributed by atoms with E-state index < -0.39 is 12.0 Å². The van der Waals surface area contributed by atoms with Gasteiger partial charge in [0, 0.05) is 5.70 Å². The summed E-state index contributed by atoms with van der Waals surface area (Å²) in [5, 5.41) is 5.54. The van der Waals surface area contributed by atoms with Crippen LogP contribution in [0.5, 0.6) is 11.5 Å². The van der Waals surface area contributed by atoms with Crippen LogP contribution in [-0.4, -0.2) is 31.8 Å². The zero-order chi connectivity index (χ0) is 20.0. The lowest BCUT2D eigenvalue weighted by molar-refractivity contribution is -0.136. The molecule has 1 unspecified atom stereocenters. The van der Waals surface area contributed by atoms with Crippen molar-refractivity contribution in [3.05, 3.63) is 35.0 Å². The van der Waals surface area contributed by atoms with Crippen molar-refractivity contribution in [3.63, 3.8) is 0 Å². The summed E-state index contributed by atoms with van der Waals surface area (Å²) in [6.07, 6.45) is 1.35. The Hall–Kier alpha value is -2.70. The summed E-state index contributed by atoms with van der Waals surface area (Å²) >= 11 is 0. The van der Waals surface area contributed by atoms with Gasteiger partial charge in [-0.05, 0) is 44.9 Å². The number of amides is 2. The van der Waals surface area contributed by atoms with Crippen LogP contribution >= 0.6 is 0 Å². The summed E-state index contributed by atoms with van der Waals surface area (Å²) < 4.78 is 16.5. The first-order valence-corrected chi connectivity index (χ1v) is 9.23. The van der Waals surface area contributed by atoms with Gasteiger partial charge < -0.3 is 24.8 Å². The molecule has 0 saturated carbocycles. The molecule has 0 saturated heterocycles. The molecule has 0 bridgehead atoms. The maximum absolute atomic E-state index is 12.4. The van der Waals surface area contributed by atoms with Crippen molar-refractivity contribution in [1.29, 1.82) is 0 Å². The molecular formula is C20H28N2O5. The van der Waals surface area contributed by atoms with Crippen molar-refractivity contribution >= 4 is 12.0 Å². The number of urea groups is 1. The van der Waals surface area contributed by atoms with Gasteiger partial charge in [-0.1, -0.05) is 19.4 Å². The summed E-state index contributed by atoms with van der Waals surface area (Å²) in [5.74, 6) is 0.711. The van der Waals surface area contributed by atoms with Crippen LogP contribution in [0, 0.1) is 0 Å². The molecular weight excluding hydrogens is 348 g/mol. The van der Waals surface area contributed by atoms with Crippen LogP contribution in [-0.2, 0) is 9.53 Å². The first-order chi connectivity index (χ1) is 12.9. The second-order valence-electron chi connectivity index (χ2n) is 6.47. The normalized spacial score (nSPS) is 16.7. The Morgan fingerprint density at radius 1 is 1.22 bits per heavy atom. The van der Waals surface area contributed by atoms with Gasteiger partial charge in [0.25, 0.3) is 0 Å². The van der Waals surface area contributed by atoms with Crippen molar-refractivity contribution < 1.29 is 23.8 Å². The van der Waals surface area contributed by atoms with Crippen LogP contribution in [0.4, 0.5) is 4.79 Å². The monoisotopic (exact) mass is 376 g/mol. The van der Waals surface area contributed by atoms with Gasteiger partial charge in [0.05, 0.1) is 31.4 Å². The fraction of sp³-hybridized carbons (Fsp3) is 0.500. The minimum Gasteiger partial charge on any atom is -0.490 e. The molecule has 1 aliphatic rings. The van der Waals surface area contributed by atoms with Gasteiger partial charge in [-0.25, -0.2) is 9.59 Å². The highest BCUT2D eigenvalue weighted by Crippen LogP contribution is 2.35. The number of rotatable bonds is 8. The molecule has 1 aromatic rings. The van der Waals surface area contributed by atoms with E-state index in [1.54, 1.807) is 12.1 Å². The third-order valence-corrected chi connectivity index (χ3v) is 4.02. The predicted octanol–water partition coefficient (Wildman–Crippen LogP) is 3.45. The number of nitrogens with one attached hydrogen (secondary N) is 2. The number of esters is 1. The molecule has 0 aromatic heterocycles. The second-order valence-corrected chi connectivity index (χ2v) is 6.47. The lowest BCUT2D eigenvalue weighted by Crippen LogP contribution is -2.45. The molecule has 1 heterocycles. The van der Waals surface area contributed by atoms with E-state index in [-0.39, 0.29) is 12.1 Å². The molecule has 0 aliphatic carbocycles. The lowest BCUT2D eigenvalue weighted by atomic mass is 9.93. The molecule has 0 radical (unpaired) electrons. The fourth-order valence-corrected chi connectivity index (χ4v) is 2.99.